The maximum Gasteiger partial charge on any atom is 0.387 e. The van der Waals surface area contributed by atoms with Crippen molar-refractivity contribution in [2.24, 2.45) is 0 Å². The second kappa shape index (κ2) is 7.52. The molecule has 1 amide bonds. The van der Waals surface area contributed by atoms with E-state index < -0.39 is 6.61 Å². The Kier molecular flexibility index (Phi) is 6.01. The summed E-state index contributed by atoms with van der Waals surface area (Å²) < 4.78 is 33.8. The molecule has 7 heteroatoms. The SMILES string of the molecule is CCNCC(=O)Nc1cc(OC)ccc1OC(F)F. The van der Waals surface area contributed by atoms with Crippen LogP contribution in [0.15, 0.2) is 18.2 Å². The van der Waals surface area contributed by atoms with Crippen molar-refractivity contribution < 1.29 is 23.0 Å². The van der Waals surface area contributed by atoms with Gasteiger partial charge in [0.1, 0.15) is 11.5 Å². The lowest BCUT2D eigenvalue weighted by Gasteiger charge is -2.13. The third-order valence-corrected chi connectivity index (χ3v) is 2.21. The maximum atomic E-state index is 12.2. The van der Waals surface area contributed by atoms with Gasteiger partial charge in [-0.3, -0.25) is 4.79 Å². The fraction of sp³-hybridized carbons (Fsp3) is 0.417. The van der Waals surface area contributed by atoms with Gasteiger partial charge in [-0.15, -0.1) is 0 Å². The van der Waals surface area contributed by atoms with Crippen LogP contribution in [0, 0.1) is 0 Å². The highest BCUT2D eigenvalue weighted by molar-refractivity contribution is 5.93. The molecule has 2 N–H and O–H groups in total. The van der Waals surface area contributed by atoms with Crippen molar-refractivity contribution in [1.29, 1.82) is 0 Å². The highest BCUT2D eigenvalue weighted by atomic mass is 19.3. The Morgan fingerprint density at radius 3 is 2.74 bits per heavy atom. The van der Waals surface area contributed by atoms with E-state index in [0.29, 0.717) is 12.3 Å². The zero-order valence-electron chi connectivity index (χ0n) is 10.7. The van der Waals surface area contributed by atoms with E-state index in [1.165, 1.54) is 25.3 Å². The quantitative estimate of drug-likeness (QED) is 0.796. The molecule has 0 aliphatic rings. The minimum atomic E-state index is -2.96. The summed E-state index contributed by atoms with van der Waals surface area (Å²) in [5.41, 5.74) is 0.141. The number of alkyl halides is 2. The highest BCUT2D eigenvalue weighted by Crippen LogP contribution is 2.30. The number of amides is 1. The minimum absolute atomic E-state index is 0.0851. The van der Waals surface area contributed by atoms with Gasteiger partial charge in [-0.1, -0.05) is 6.92 Å². The van der Waals surface area contributed by atoms with Gasteiger partial charge < -0.3 is 20.1 Å². The van der Waals surface area contributed by atoms with Crippen molar-refractivity contribution >= 4 is 11.6 Å². The number of likely N-dealkylation sites (N-methyl/N-ethyl adjacent to an activating group) is 1. The van der Waals surface area contributed by atoms with Crippen LogP contribution in [-0.2, 0) is 4.79 Å². The smallest absolute Gasteiger partial charge is 0.387 e. The van der Waals surface area contributed by atoms with Crippen molar-refractivity contribution in [3.63, 3.8) is 0 Å². The molecule has 0 saturated carbocycles. The number of hydrogen-bond donors (Lipinski definition) is 2. The molecule has 0 aliphatic carbocycles. The van der Waals surface area contributed by atoms with E-state index in [1.807, 2.05) is 6.92 Å². The summed E-state index contributed by atoms with van der Waals surface area (Å²) >= 11 is 0. The van der Waals surface area contributed by atoms with Crippen LogP contribution in [0.5, 0.6) is 11.5 Å². The van der Waals surface area contributed by atoms with Crippen LogP contribution in [0.2, 0.25) is 0 Å². The van der Waals surface area contributed by atoms with Crippen molar-refractivity contribution in [3.8, 4) is 11.5 Å². The number of carbonyl (C=O) groups excluding carboxylic acids is 1. The normalized spacial score (nSPS) is 10.4. The maximum absolute atomic E-state index is 12.2. The van der Waals surface area contributed by atoms with Gasteiger partial charge in [0.2, 0.25) is 5.91 Å². The van der Waals surface area contributed by atoms with Crippen LogP contribution >= 0.6 is 0 Å². The molecule has 0 atom stereocenters. The summed E-state index contributed by atoms with van der Waals surface area (Å²) in [6, 6.07) is 4.20. The summed E-state index contributed by atoms with van der Waals surface area (Å²) in [7, 11) is 1.44. The number of carbonyl (C=O) groups is 1. The second-order valence-electron chi connectivity index (χ2n) is 3.57. The second-order valence-corrected chi connectivity index (χ2v) is 3.57. The monoisotopic (exact) mass is 274 g/mol. The fourth-order valence-electron chi connectivity index (χ4n) is 1.37. The van der Waals surface area contributed by atoms with Gasteiger partial charge in [0.15, 0.2) is 0 Å². The lowest BCUT2D eigenvalue weighted by molar-refractivity contribution is -0.115. The molecule has 0 unspecified atom stereocenters. The van der Waals surface area contributed by atoms with Gasteiger partial charge in [0, 0.05) is 6.07 Å². The van der Waals surface area contributed by atoms with Gasteiger partial charge in [-0.2, -0.15) is 8.78 Å². The summed E-state index contributed by atoms with van der Waals surface area (Å²) in [5, 5.41) is 5.31. The fourth-order valence-corrected chi connectivity index (χ4v) is 1.37. The molecule has 0 fully saturated rings. The first kappa shape index (κ1) is 15.2. The lowest BCUT2D eigenvalue weighted by Crippen LogP contribution is -2.28. The zero-order chi connectivity index (χ0) is 14.3. The third-order valence-electron chi connectivity index (χ3n) is 2.21. The Balaban J connectivity index is 2.84. The van der Waals surface area contributed by atoms with E-state index >= 15 is 0 Å². The molecular formula is C12H16F2N2O3. The van der Waals surface area contributed by atoms with Crippen LogP contribution in [-0.4, -0.2) is 32.7 Å². The molecule has 106 valence electrons. The topological polar surface area (TPSA) is 59.6 Å². The van der Waals surface area contributed by atoms with E-state index in [4.69, 9.17) is 4.74 Å². The van der Waals surface area contributed by atoms with Gasteiger partial charge in [-0.05, 0) is 18.7 Å². The van der Waals surface area contributed by atoms with Gasteiger partial charge in [-0.25, -0.2) is 0 Å². The van der Waals surface area contributed by atoms with Gasteiger partial charge in [0.05, 0.1) is 19.3 Å². The first-order chi connectivity index (χ1) is 9.06. The number of methoxy groups -OCH3 is 1. The number of halogens is 2. The molecule has 5 nitrogen and oxygen atoms in total. The number of hydrogen-bond acceptors (Lipinski definition) is 4. The average molecular weight is 274 g/mol. The number of rotatable bonds is 7. The summed E-state index contributed by atoms with van der Waals surface area (Å²) in [5.74, 6) is -0.0322. The van der Waals surface area contributed by atoms with Crippen LogP contribution < -0.4 is 20.1 Å². The van der Waals surface area contributed by atoms with E-state index in [0.717, 1.165) is 0 Å². The molecule has 0 aromatic heterocycles. The predicted molar refractivity (Wildman–Crippen MR) is 66.8 cm³/mol. The number of ether oxygens (including phenoxy) is 2. The lowest BCUT2D eigenvalue weighted by atomic mass is 10.2. The summed E-state index contributed by atoms with van der Waals surface area (Å²) in [6.45, 7) is -0.393. The van der Waals surface area contributed by atoms with E-state index in [-0.39, 0.29) is 23.9 Å². The standard InChI is InChI=1S/C12H16F2N2O3/c1-3-15-7-11(17)16-9-6-8(18-2)4-5-10(9)19-12(13)14/h4-6,12,15H,3,7H2,1-2H3,(H,16,17). The van der Waals surface area contributed by atoms with Crippen LogP contribution in [0.1, 0.15) is 6.92 Å². The minimum Gasteiger partial charge on any atom is -0.497 e. The highest BCUT2D eigenvalue weighted by Gasteiger charge is 2.13. The first-order valence-corrected chi connectivity index (χ1v) is 5.70. The summed E-state index contributed by atoms with van der Waals surface area (Å²) in [4.78, 5) is 11.6. The molecule has 19 heavy (non-hydrogen) atoms. The molecular weight excluding hydrogens is 258 g/mol. The van der Waals surface area contributed by atoms with Crippen molar-refractivity contribution in [3.05, 3.63) is 18.2 Å². The number of nitrogens with one attached hydrogen (secondary N) is 2. The predicted octanol–water partition coefficient (Wildman–Crippen LogP) is 1.84. The summed E-state index contributed by atoms with van der Waals surface area (Å²) in [6.07, 6.45) is 0. The Morgan fingerprint density at radius 2 is 2.16 bits per heavy atom. The molecule has 0 heterocycles. The van der Waals surface area contributed by atoms with Crippen molar-refractivity contribution in [2.45, 2.75) is 13.5 Å². The molecule has 1 aromatic carbocycles. The van der Waals surface area contributed by atoms with Gasteiger partial charge >= 0.3 is 6.61 Å². The van der Waals surface area contributed by atoms with Gasteiger partial charge in [0.25, 0.3) is 0 Å². The largest absolute Gasteiger partial charge is 0.497 e. The third kappa shape index (κ3) is 5.09. The Bertz CT molecular complexity index is 427. The van der Waals surface area contributed by atoms with Crippen LogP contribution in [0.4, 0.5) is 14.5 Å². The van der Waals surface area contributed by atoms with Crippen LogP contribution in [0.25, 0.3) is 0 Å². The van der Waals surface area contributed by atoms with E-state index in [1.54, 1.807) is 0 Å². The van der Waals surface area contributed by atoms with Crippen molar-refractivity contribution in [1.82, 2.24) is 5.32 Å². The molecule has 0 radical (unpaired) electrons. The Morgan fingerprint density at radius 1 is 1.42 bits per heavy atom. The molecule has 1 rings (SSSR count). The zero-order valence-corrected chi connectivity index (χ0v) is 10.7. The van der Waals surface area contributed by atoms with Crippen LogP contribution in [0.3, 0.4) is 0 Å². The number of benzene rings is 1. The molecule has 1 aromatic rings. The van der Waals surface area contributed by atoms with E-state index in [2.05, 4.69) is 15.4 Å². The molecule has 0 spiro atoms. The Labute approximate surface area is 109 Å². The van der Waals surface area contributed by atoms with Crippen molar-refractivity contribution in [2.75, 3.05) is 25.5 Å². The molecule has 0 bridgehead atoms. The molecule has 0 saturated heterocycles. The average Bonchev–Trinajstić information content (AvgIpc) is 2.37. The molecule has 0 aliphatic heterocycles. The Hall–Kier alpha value is -1.89. The number of anilines is 1. The van der Waals surface area contributed by atoms with E-state index in [9.17, 15) is 13.6 Å². The first-order valence-electron chi connectivity index (χ1n) is 5.70.